The standard InChI is InChI=1S/C15H19N3O2/c1-9-4-5-10(14-18-16-8-20-14)6-11(9)17-12-7-13(19)15(12,2)3/h4-6,8,12-13,17,19H,7H2,1-3H3. The summed E-state index contributed by atoms with van der Waals surface area (Å²) in [5, 5.41) is 21.0. The number of anilines is 1. The van der Waals surface area contributed by atoms with E-state index in [4.69, 9.17) is 4.42 Å². The van der Waals surface area contributed by atoms with Crippen LogP contribution in [0.3, 0.4) is 0 Å². The lowest BCUT2D eigenvalue weighted by Crippen LogP contribution is -2.56. The lowest BCUT2D eigenvalue weighted by atomic mass is 9.64. The predicted molar refractivity (Wildman–Crippen MR) is 76.3 cm³/mol. The number of hydrogen-bond donors (Lipinski definition) is 2. The molecule has 106 valence electrons. The quantitative estimate of drug-likeness (QED) is 0.899. The summed E-state index contributed by atoms with van der Waals surface area (Å²) in [5.41, 5.74) is 3.00. The third kappa shape index (κ3) is 2.08. The van der Waals surface area contributed by atoms with E-state index >= 15 is 0 Å². The van der Waals surface area contributed by atoms with Gasteiger partial charge in [0.1, 0.15) is 0 Å². The molecular formula is C15H19N3O2. The summed E-state index contributed by atoms with van der Waals surface area (Å²) in [7, 11) is 0. The van der Waals surface area contributed by atoms with E-state index in [1.165, 1.54) is 6.39 Å². The number of aromatic nitrogens is 2. The molecule has 2 unspecified atom stereocenters. The van der Waals surface area contributed by atoms with Crippen LogP contribution >= 0.6 is 0 Å². The van der Waals surface area contributed by atoms with Gasteiger partial charge in [-0.05, 0) is 31.0 Å². The number of nitrogens with zero attached hydrogens (tertiary/aromatic N) is 2. The van der Waals surface area contributed by atoms with E-state index in [1.807, 2.05) is 18.2 Å². The monoisotopic (exact) mass is 273 g/mol. The molecule has 1 aromatic carbocycles. The van der Waals surface area contributed by atoms with Gasteiger partial charge in [-0.1, -0.05) is 19.9 Å². The Morgan fingerprint density at radius 3 is 2.80 bits per heavy atom. The smallest absolute Gasteiger partial charge is 0.247 e. The molecular weight excluding hydrogens is 254 g/mol. The van der Waals surface area contributed by atoms with E-state index in [9.17, 15) is 5.11 Å². The molecule has 2 N–H and O–H groups in total. The second kappa shape index (κ2) is 4.59. The first kappa shape index (κ1) is 13.1. The first-order chi connectivity index (χ1) is 9.48. The van der Waals surface area contributed by atoms with Crippen LogP contribution in [0.15, 0.2) is 29.0 Å². The van der Waals surface area contributed by atoms with Crippen molar-refractivity contribution in [1.82, 2.24) is 10.2 Å². The van der Waals surface area contributed by atoms with Crippen LogP contribution in [0, 0.1) is 12.3 Å². The maximum Gasteiger partial charge on any atom is 0.247 e. The van der Waals surface area contributed by atoms with Crippen LogP contribution in [-0.4, -0.2) is 27.4 Å². The second-order valence-corrected chi connectivity index (χ2v) is 6.04. The van der Waals surface area contributed by atoms with Crippen LogP contribution in [0.4, 0.5) is 5.69 Å². The lowest BCUT2D eigenvalue weighted by Gasteiger charge is -2.50. The largest absolute Gasteiger partial charge is 0.423 e. The molecule has 20 heavy (non-hydrogen) atoms. The summed E-state index contributed by atoms with van der Waals surface area (Å²) in [6.45, 7) is 6.22. The van der Waals surface area contributed by atoms with Gasteiger partial charge in [0, 0.05) is 22.7 Å². The highest BCUT2D eigenvalue weighted by molar-refractivity contribution is 5.64. The van der Waals surface area contributed by atoms with Gasteiger partial charge in [-0.2, -0.15) is 0 Å². The van der Waals surface area contributed by atoms with E-state index in [2.05, 4.69) is 36.3 Å². The molecule has 2 atom stereocenters. The van der Waals surface area contributed by atoms with Crippen molar-refractivity contribution in [2.24, 2.45) is 5.41 Å². The SMILES string of the molecule is Cc1ccc(-c2nnco2)cc1NC1CC(O)C1(C)C. The van der Waals surface area contributed by atoms with Crippen LogP contribution in [-0.2, 0) is 0 Å². The van der Waals surface area contributed by atoms with Crippen LogP contribution in [0.5, 0.6) is 0 Å². The van der Waals surface area contributed by atoms with Gasteiger partial charge >= 0.3 is 0 Å². The summed E-state index contributed by atoms with van der Waals surface area (Å²) in [6, 6.07) is 6.29. The van der Waals surface area contributed by atoms with Gasteiger partial charge in [0.05, 0.1) is 6.10 Å². The van der Waals surface area contributed by atoms with Gasteiger partial charge in [0.15, 0.2) is 0 Å². The average Bonchev–Trinajstić information content (AvgIpc) is 2.94. The van der Waals surface area contributed by atoms with Crippen LogP contribution < -0.4 is 5.32 Å². The maximum atomic E-state index is 9.82. The Labute approximate surface area is 118 Å². The number of aryl methyl sites for hydroxylation is 1. The molecule has 0 radical (unpaired) electrons. The summed E-state index contributed by atoms with van der Waals surface area (Å²) >= 11 is 0. The van der Waals surface area contributed by atoms with Crippen molar-refractivity contribution in [3.05, 3.63) is 30.2 Å². The van der Waals surface area contributed by atoms with E-state index in [-0.39, 0.29) is 17.6 Å². The van der Waals surface area contributed by atoms with Crippen molar-refractivity contribution in [2.45, 2.75) is 39.3 Å². The molecule has 1 saturated carbocycles. The zero-order valence-electron chi connectivity index (χ0n) is 11.9. The topological polar surface area (TPSA) is 71.2 Å². The van der Waals surface area contributed by atoms with Gasteiger partial charge in [-0.25, -0.2) is 0 Å². The molecule has 1 aliphatic rings. The Hall–Kier alpha value is -1.88. The highest BCUT2D eigenvalue weighted by Crippen LogP contribution is 2.42. The number of rotatable bonds is 3. The van der Waals surface area contributed by atoms with Crippen molar-refractivity contribution < 1.29 is 9.52 Å². The molecule has 3 rings (SSSR count). The Bertz CT molecular complexity index is 608. The van der Waals surface area contributed by atoms with Crippen molar-refractivity contribution in [2.75, 3.05) is 5.32 Å². The molecule has 0 amide bonds. The zero-order valence-corrected chi connectivity index (χ0v) is 11.9. The minimum Gasteiger partial charge on any atom is -0.423 e. The highest BCUT2D eigenvalue weighted by Gasteiger charge is 2.47. The molecule has 0 spiro atoms. The molecule has 1 heterocycles. The molecule has 2 aromatic rings. The second-order valence-electron chi connectivity index (χ2n) is 6.04. The predicted octanol–water partition coefficient (Wildman–Crippen LogP) is 2.62. The Balaban J connectivity index is 1.85. The first-order valence-electron chi connectivity index (χ1n) is 6.80. The number of hydrogen-bond acceptors (Lipinski definition) is 5. The zero-order chi connectivity index (χ0) is 14.3. The van der Waals surface area contributed by atoms with Crippen LogP contribution in [0.1, 0.15) is 25.8 Å². The molecule has 5 nitrogen and oxygen atoms in total. The molecule has 1 aromatic heterocycles. The van der Waals surface area contributed by atoms with Crippen molar-refractivity contribution >= 4 is 5.69 Å². The Morgan fingerprint density at radius 1 is 1.40 bits per heavy atom. The fourth-order valence-electron chi connectivity index (χ4n) is 2.54. The van der Waals surface area contributed by atoms with E-state index in [1.54, 1.807) is 0 Å². The average molecular weight is 273 g/mol. The van der Waals surface area contributed by atoms with Crippen LogP contribution in [0.25, 0.3) is 11.5 Å². The van der Waals surface area contributed by atoms with Crippen LogP contribution in [0.2, 0.25) is 0 Å². The van der Waals surface area contributed by atoms with Crippen molar-refractivity contribution in [3.8, 4) is 11.5 Å². The molecule has 5 heteroatoms. The molecule has 1 fully saturated rings. The number of aliphatic hydroxyl groups excluding tert-OH is 1. The summed E-state index contributed by atoms with van der Waals surface area (Å²) in [5.74, 6) is 0.515. The normalized spacial score (nSPS) is 24.2. The van der Waals surface area contributed by atoms with Crippen molar-refractivity contribution in [3.63, 3.8) is 0 Å². The van der Waals surface area contributed by atoms with Gasteiger partial charge < -0.3 is 14.8 Å². The summed E-state index contributed by atoms with van der Waals surface area (Å²) in [6.07, 6.45) is 1.87. The molecule has 0 bridgehead atoms. The number of benzene rings is 1. The van der Waals surface area contributed by atoms with E-state index < -0.39 is 0 Å². The van der Waals surface area contributed by atoms with E-state index in [0.717, 1.165) is 23.2 Å². The van der Waals surface area contributed by atoms with E-state index in [0.29, 0.717) is 5.89 Å². The number of nitrogens with one attached hydrogen (secondary N) is 1. The minimum atomic E-state index is -0.237. The van der Waals surface area contributed by atoms with Crippen molar-refractivity contribution in [1.29, 1.82) is 0 Å². The Kier molecular flexibility index (Phi) is 3.01. The number of aliphatic hydroxyl groups is 1. The Morgan fingerprint density at radius 2 is 2.20 bits per heavy atom. The summed E-state index contributed by atoms with van der Waals surface area (Å²) < 4.78 is 5.23. The minimum absolute atomic E-state index is 0.104. The van der Waals surface area contributed by atoms with Gasteiger partial charge in [0.2, 0.25) is 12.3 Å². The first-order valence-corrected chi connectivity index (χ1v) is 6.80. The fourth-order valence-corrected chi connectivity index (χ4v) is 2.54. The van der Waals surface area contributed by atoms with Gasteiger partial charge in [0.25, 0.3) is 0 Å². The lowest BCUT2D eigenvalue weighted by molar-refractivity contribution is -0.0510. The molecule has 0 aliphatic heterocycles. The van der Waals surface area contributed by atoms with Gasteiger partial charge in [-0.15, -0.1) is 10.2 Å². The molecule has 1 aliphatic carbocycles. The maximum absolute atomic E-state index is 9.82. The third-order valence-electron chi connectivity index (χ3n) is 4.39. The highest BCUT2D eigenvalue weighted by atomic mass is 16.4. The third-order valence-corrected chi connectivity index (χ3v) is 4.39. The summed E-state index contributed by atoms with van der Waals surface area (Å²) in [4.78, 5) is 0. The fraction of sp³-hybridized carbons (Fsp3) is 0.467. The van der Waals surface area contributed by atoms with Gasteiger partial charge in [-0.3, -0.25) is 0 Å². The molecule has 0 saturated heterocycles.